The van der Waals surface area contributed by atoms with Crippen LogP contribution in [0, 0.1) is 12.8 Å². The van der Waals surface area contributed by atoms with Crippen molar-refractivity contribution in [2.45, 2.75) is 27.2 Å². The number of hydrogen-bond donors (Lipinski definition) is 0. The van der Waals surface area contributed by atoms with Gasteiger partial charge in [0.1, 0.15) is 0 Å². The summed E-state index contributed by atoms with van der Waals surface area (Å²) in [6.07, 6.45) is 1.07. The molecule has 0 aliphatic carbocycles. The standard InChI is InChI=1S/C14H18N2/c1-11(2)9-14-10-12(3)15-16(14)13-7-5-4-6-8-13/h4-8,10-11H,9H2,1-3H3. The van der Waals surface area contributed by atoms with Crippen LogP contribution in [0.1, 0.15) is 25.2 Å². The lowest BCUT2D eigenvalue weighted by atomic mass is 10.1. The quantitative estimate of drug-likeness (QED) is 0.766. The van der Waals surface area contributed by atoms with E-state index in [4.69, 9.17) is 0 Å². The number of rotatable bonds is 3. The Morgan fingerprint density at radius 2 is 1.88 bits per heavy atom. The molecule has 0 spiro atoms. The zero-order valence-corrected chi connectivity index (χ0v) is 10.1. The molecule has 1 aromatic heterocycles. The van der Waals surface area contributed by atoms with Crippen LogP contribution in [0.2, 0.25) is 0 Å². The molecule has 0 bridgehead atoms. The van der Waals surface area contributed by atoms with E-state index in [0.717, 1.165) is 17.8 Å². The average Bonchev–Trinajstić information content (AvgIpc) is 2.60. The Balaban J connectivity index is 2.40. The monoisotopic (exact) mass is 214 g/mol. The lowest BCUT2D eigenvalue weighted by molar-refractivity contribution is 0.616. The fourth-order valence-corrected chi connectivity index (χ4v) is 1.91. The van der Waals surface area contributed by atoms with E-state index in [1.54, 1.807) is 0 Å². The van der Waals surface area contributed by atoms with E-state index in [0.29, 0.717) is 5.92 Å². The predicted octanol–water partition coefficient (Wildman–Crippen LogP) is 3.38. The first-order valence-electron chi connectivity index (χ1n) is 5.78. The number of para-hydroxylation sites is 1. The summed E-state index contributed by atoms with van der Waals surface area (Å²) in [4.78, 5) is 0. The maximum Gasteiger partial charge on any atom is 0.0648 e. The van der Waals surface area contributed by atoms with Gasteiger partial charge in [-0.2, -0.15) is 5.10 Å². The van der Waals surface area contributed by atoms with Crippen molar-refractivity contribution in [2.75, 3.05) is 0 Å². The summed E-state index contributed by atoms with van der Waals surface area (Å²) in [6.45, 7) is 6.51. The van der Waals surface area contributed by atoms with Crippen molar-refractivity contribution < 1.29 is 0 Å². The number of nitrogens with zero attached hydrogens (tertiary/aromatic N) is 2. The maximum atomic E-state index is 4.55. The molecule has 1 aromatic carbocycles. The van der Waals surface area contributed by atoms with Crippen LogP contribution in [0.5, 0.6) is 0 Å². The van der Waals surface area contributed by atoms with Crippen molar-refractivity contribution in [3.63, 3.8) is 0 Å². The number of benzene rings is 1. The van der Waals surface area contributed by atoms with E-state index in [2.05, 4.69) is 41.8 Å². The molecule has 1 heterocycles. The Morgan fingerprint density at radius 3 is 2.50 bits per heavy atom. The van der Waals surface area contributed by atoms with Crippen molar-refractivity contribution in [1.29, 1.82) is 0 Å². The molecule has 2 rings (SSSR count). The second-order valence-electron chi connectivity index (χ2n) is 4.62. The van der Waals surface area contributed by atoms with Gasteiger partial charge in [-0.25, -0.2) is 4.68 Å². The summed E-state index contributed by atoms with van der Waals surface area (Å²) in [6, 6.07) is 12.5. The fraction of sp³-hybridized carbons (Fsp3) is 0.357. The van der Waals surface area contributed by atoms with E-state index in [1.165, 1.54) is 5.69 Å². The summed E-state index contributed by atoms with van der Waals surface area (Å²) >= 11 is 0. The van der Waals surface area contributed by atoms with Crippen LogP contribution in [0.4, 0.5) is 0 Å². The third kappa shape index (κ3) is 2.32. The molecule has 2 heteroatoms. The minimum absolute atomic E-state index is 0.651. The molecule has 0 aliphatic rings. The third-order valence-electron chi connectivity index (χ3n) is 2.52. The second-order valence-corrected chi connectivity index (χ2v) is 4.62. The van der Waals surface area contributed by atoms with Crippen LogP contribution in [0.15, 0.2) is 36.4 Å². The minimum Gasteiger partial charge on any atom is -0.238 e. The first-order valence-corrected chi connectivity index (χ1v) is 5.78. The van der Waals surface area contributed by atoms with Gasteiger partial charge in [0.25, 0.3) is 0 Å². The summed E-state index contributed by atoms with van der Waals surface area (Å²) in [7, 11) is 0. The van der Waals surface area contributed by atoms with Crippen LogP contribution < -0.4 is 0 Å². The average molecular weight is 214 g/mol. The van der Waals surface area contributed by atoms with E-state index >= 15 is 0 Å². The Morgan fingerprint density at radius 1 is 1.19 bits per heavy atom. The highest BCUT2D eigenvalue weighted by molar-refractivity contribution is 5.33. The van der Waals surface area contributed by atoms with Crippen molar-refractivity contribution in [1.82, 2.24) is 9.78 Å². The maximum absolute atomic E-state index is 4.55. The molecule has 0 fully saturated rings. The van der Waals surface area contributed by atoms with Gasteiger partial charge in [0.05, 0.1) is 11.4 Å². The van der Waals surface area contributed by atoms with E-state index in [1.807, 2.05) is 25.1 Å². The zero-order valence-electron chi connectivity index (χ0n) is 10.1. The largest absolute Gasteiger partial charge is 0.238 e. The molecule has 0 amide bonds. The van der Waals surface area contributed by atoms with Crippen molar-refractivity contribution in [2.24, 2.45) is 5.92 Å². The van der Waals surface area contributed by atoms with Crippen LogP contribution in [0.25, 0.3) is 5.69 Å². The molecule has 16 heavy (non-hydrogen) atoms. The Kier molecular flexibility index (Phi) is 3.09. The van der Waals surface area contributed by atoms with Gasteiger partial charge in [0.15, 0.2) is 0 Å². The summed E-state index contributed by atoms with van der Waals surface area (Å²) in [5.41, 5.74) is 3.52. The molecule has 0 N–H and O–H groups in total. The molecule has 0 saturated carbocycles. The Bertz CT molecular complexity index is 455. The molecule has 84 valence electrons. The Hall–Kier alpha value is -1.57. The highest BCUT2D eigenvalue weighted by Crippen LogP contribution is 2.15. The number of aromatic nitrogens is 2. The van der Waals surface area contributed by atoms with Gasteiger partial charge >= 0.3 is 0 Å². The lowest BCUT2D eigenvalue weighted by Crippen LogP contribution is -2.05. The molecule has 0 unspecified atom stereocenters. The van der Waals surface area contributed by atoms with Gasteiger partial charge in [-0.05, 0) is 37.5 Å². The van der Waals surface area contributed by atoms with E-state index in [-0.39, 0.29) is 0 Å². The van der Waals surface area contributed by atoms with Crippen molar-refractivity contribution in [3.8, 4) is 5.69 Å². The van der Waals surface area contributed by atoms with Crippen LogP contribution >= 0.6 is 0 Å². The smallest absolute Gasteiger partial charge is 0.0648 e. The topological polar surface area (TPSA) is 17.8 Å². The van der Waals surface area contributed by atoms with Gasteiger partial charge in [-0.1, -0.05) is 32.0 Å². The number of aryl methyl sites for hydroxylation is 1. The first kappa shape index (κ1) is 10.9. The van der Waals surface area contributed by atoms with E-state index < -0.39 is 0 Å². The second kappa shape index (κ2) is 4.52. The van der Waals surface area contributed by atoms with Crippen molar-refractivity contribution >= 4 is 0 Å². The fourth-order valence-electron chi connectivity index (χ4n) is 1.91. The minimum atomic E-state index is 0.651. The van der Waals surface area contributed by atoms with Gasteiger partial charge in [-0.15, -0.1) is 0 Å². The predicted molar refractivity (Wildman–Crippen MR) is 66.8 cm³/mol. The summed E-state index contributed by atoms with van der Waals surface area (Å²) in [5, 5.41) is 4.55. The molecular formula is C14H18N2. The van der Waals surface area contributed by atoms with Gasteiger partial charge in [0, 0.05) is 5.69 Å². The summed E-state index contributed by atoms with van der Waals surface area (Å²) < 4.78 is 2.05. The molecule has 0 atom stereocenters. The van der Waals surface area contributed by atoms with Gasteiger partial charge < -0.3 is 0 Å². The Labute approximate surface area is 96.9 Å². The molecule has 0 radical (unpaired) electrons. The summed E-state index contributed by atoms with van der Waals surface area (Å²) in [5.74, 6) is 0.651. The van der Waals surface area contributed by atoms with Gasteiger partial charge in [-0.3, -0.25) is 0 Å². The van der Waals surface area contributed by atoms with Gasteiger partial charge in [0.2, 0.25) is 0 Å². The normalized spacial score (nSPS) is 11.0. The van der Waals surface area contributed by atoms with Crippen LogP contribution in [-0.2, 0) is 6.42 Å². The van der Waals surface area contributed by atoms with Crippen LogP contribution in [-0.4, -0.2) is 9.78 Å². The highest BCUT2D eigenvalue weighted by Gasteiger charge is 2.08. The molecule has 2 nitrogen and oxygen atoms in total. The molecule has 0 saturated heterocycles. The lowest BCUT2D eigenvalue weighted by Gasteiger charge is -2.08. The van der Waals surface area contributed by atoms with E-state index in [9.17, 15) is 0 Å². The van der Waals surface area contributed by atoms with Crippen molar-refractivity contribution in [3.05, 3.63) is 47.8 Å². The third-order valence-corrected chi connectivity index (χ3v) is 2.52. The number of hydrogen-bond acceptors (Lipinski definition) is 1. The zero-order chi connectivity index (χ0) is 11.5. The molecular weight excluding hydrogens is 196 g/mol. The molecule has 0 aliphatic heterocycles. The SMILES string of the molecule is Cc1cc(CC(C)C)n(-c2ccccc2)n1. The first-order chi connectivity index (χ1) is 7.66. The highest BCUT2D eigenvalue weighted by atomic mass is 15.3. The molecule has 2 aromatic rings. The van der Waals surface area contributed by atoms with Crippen LogP contribution in [0.3, 0.4) is 0 Å².